The quantitative estimate of drug-likeness (QED) is 0.419. The first-order valence-corrected chi connectivity index (χ1v) is 14.0. The van der Waals surface area contributed by atoms with Crippen molar-refractivity contribution in [2.45, 2.75) is 70.7 Å². The molecule has 2 aliphatic rings. The van der Waals surface area contributed by atoms with E-state index in [0.717, 1.165) is 52.2 Å². The number of nitrogens with zero attached hydrogens (tertiary/aromatic N) is 3. The van der Waals surface area contributed by atoms with Crippen molar-refractivity contribution in [3.05, 3.63) is 45.6 Å². The average Bonchev–Trinajstić information content (AvgIpc) is 3.41. The molecule has 5 rings (SSSR count). The SMILES string of the molecule is COC(C)(C)COC1CN(c2ccc3c(n2)CCC(NC(=O)c2sc4nc(C)cc(C)c4c2N)C3)CC1N. The van der Waals surface area contributed by atoms with Crippen LogP contribution in [0.2, 0.25) is 0 Å². The van der Waals surface area contributed by atoms with Gasteiger partial charge in [-0.25, -0.2) is 9.97 Å². The summed E-state index contributed by atoms with van der Waals surface area (Å²) in [6.07, 6.45) is 2.31. The summed E-state index contributed by atoms with van der Waals surface area (Å²) < 4.78 is 11.6. The zero-order valence-electron chi connectivity index (χ0n) is 22.8. The number of anilines is 2. The maximum Gasteiger partial charge on any atom is 0.263 e. The van der Waals surface area contributed by atoms with Crippen LogP contribution in [-0.4, -0.2) is 66.5 Å². The zero-order valence-corrected chi connectivity index (χ0v) is 23.7. The maximum absolute atomic E-state index is 13.2. The Morgan fingerprint density at radius 2 is 2.05 bits per heavy atom. The summed E-state index contributed by atoms with van der Waals surface area (Å²) in [6.45, 7) is 9.86. The minimum Gasteiger partial charge on any atom is -0.397 e. The Hall–Kier alpha value is -2.79. The number of hydrogen-bond acceptors (Lipinski definition) is 9. The number of carbonyl (C=O) groups excluding carboxylic acids is 1. The van der Waals surface area contributed by atoms with Gasteiger partial charge in [-0.2, -0.15) is 0 Å². The number of nitrogens with two attached hydrogens (primary N) is 2. The molecule has 0 radical (unpaired) electrons. The highest BCUT2D eigenvalue weighted by Gasteiger charge is 2.34. The van der Waals surface area contributed by atoms with Gasteiger partial charge in [0.25, 0.3) is 5.91 Å². The fourth-order valence-electron chi connectivity index (χ4n) is 5.32. The van der Waals surface area contributed by atoms with Crippen LogP contribution in [0.15, 0.2) is 18.2 Å². The van der Waals surface area contributed by atoms with Crippen molar-refractivity contribution in [3.63, 3.8) is 0 Å². The van der Waals surface area contributed by atoms with Crippen LogP contribution in [0.5, 0.6) is 0 Å². The Morgan fingerprint density at radius 3 is 2.82 bits per heavy atom. The van der Waals surface area contributed by atoms with Crippen LogP contribution in [0.1, 0.15) is 52.5 Å². The van der Waals surface area contributed by atoms with Crippen LogP contribution in [0.25, 0.3) is 10.2 Å². The highest BCUT2D eigenvalue weighted by atomic mass is 32.1. The number of pyridine rings is 2. The lowest BCUT2D eigenvalue weighted by atomic mass is 9.91. The maximum atomic E-state index is 13.2. The average molecular weight is 539 g/mol. The van der Waals surface area contributed by atoms with Gasteiger partial charge >= 0.3 is 0 Å². The number of methoxy groups -OCH3 is 1. The van der Waals surface area contributed by atoms with E-state index in [9.17, 15) is 4.79 Å². The Bertz CT molecular complexity index is 1360. The number of thiophene rings is 1. The Kier molecular flexibility index (Phi) is 7.34. The molecule has 4 heterocycles. The Labute approximate surface area is 227 Å². The standard InChI is InChI=1S/C28H38N6O3S/c1-15-10-16(2)31-27-23(15)24(30)25(38-27)26(35)32-18-7-8-20-17(11-18)6-9-22(33-20)34-12-19(29)21(13-34)37-14-28(3,4)36-5/h6,9-10,18-19,21H,7-8,11-14,29-30H2,1-5H3,(H,32,35). The number of ether oxygens (including phenoxy) is 2. The number of rotatable bonds is 7. The highest BCUT2D eigenvalue weighted by molar-refractivity contribution is 7.21. The van der Waals surface area contributed by atoms with Crippen LogP contribution < -0.4 is 21.7 Å². The van der Waals surface area contributed by atoms with Gasteiger partial charge < -0.3 is 31.2 Å². The molecule has 9 nitrogen and oxygen atoms in total. The van der Waals surface area contributed by atoms with Gasteiger partial charge in [0.2, 0.25) is 0 Å². The lowest BCUT2D eigenvalue weighted by molar-refractivity contribution is -0.0728. The molecule has 0 saturated carbocycles. The third-order valence-electron chi connectivity index (χ3n) is 7.65. The normalized spacial score (nSPS) is 21.6. The molecule has 5 N–H and O–H groups in total. The first kappa shape index (κ1) is 26.8. The van der Waals surface area contributed by atoms with Crippen LogP contribution in [0, 0.1) is 13.8 Å². The molecular formula is C28H38N6O3S. The van der Waals surface area contributed by atoms with Gasteiger partial charge in [-0.15, -0.1) is 11.3 Å². The van der Waals surface area contributed by atoms with Gasteiger partial charge in [-0.3, -0.25) is 4.79 Å². The summed E-state index contributed by atoms with van der Waals surface area (Å²) in [5.41, 5.74) is 17.2. The summed E-state index contributed by atoms with van der Waals surface area (Å²) in [7, 11) is 1.69. The van der Waals surface area contributed by atoms with Crippen molar-refractivity contribution in [1.82, 2.24) is 15.3 Å². The van der Waals surface area contributed by atoms with E-state index in [1.165, 1.54) is 16.9 Å². The number of hydrogen-bond donors (Lipinski definition) is 3. The number of nitrogens with one attached hydrogen (secondary N) is 1. The lowest BCUT2D eigenvalue weighted by Gasteiger charge is -2.27. The Balaban J connectivity index is 1.23. The van der Waals surface area contributed by atoms with Crippen molar-refractivity contribution in [2.75, 3.05) is 37.4 Å². The fraction of sp³-hybridized carbons (Fsp3) is 0.536. The van der Waals surface area contributed by atoms with Crippen LogP contribution in [0.4, 0.5) is 11.5 Å². The van der Waals surface area contributed by atoms with E-state index in [4.69, 9.17) is 25.9 Å². The largest absolute Gasteiger partial charge is 0.397 e. The minimum atomic E-state index is -0.346. The van der Waals surface area contributed by atoms with Gasteiger partial charge in [0.05, 0.1) is 30.0 Å². The number of nitrogen functional groups attached to an aromatic ring is 1. The van der Waals surface area contributed by atoms with Gasteiger partial charge in [0.1, 0.15) is 15.5 Å². The topological polar surface area (TPSA) is 129 Å². The van der Waals surface area contributed by atoms with Crippen LogP contribution in [-0.2, 0) is 22.3 Å². The van der Waals surface area contributed by atoms with E-state index in [0.29, 0.717) is 30.3 Å². The molecule has 0 bridgehead atoms. The van der Waals surface area contributed by atoms with E-state index < -0.39 is 0 Å². The van der Waals surface area contributed by atoms with E-state index in [1.54, 1.807) is 7.11 Å². The molecule has 3 aromatic rings. The summed E-state index contributed by atoms with van der Waals surface area (Å²) in [5.74, 6) is 0.796. The molecule has 1 aliphatic carbocycles. The number of fused-ring (bicyclic) bond motifs is 2. The number of amides is 1. The van der Waals surface area contributed by atoms with Gasteiger partial charge in [-0.05, 0) is 70.2 Å². The molecule has 1 fully saturated rings. The molecule has 38 heavy (non-hydrogen) atoms. The van der Waals surface area contributed by atoms with Crippen molar-refractivity contribution < 1.29 is 14.3 Å². The second kappa shape index (κ2) is 10.4. The first-order valence-electron chi connectivity index (χ1n) is 13.2. The van der Waals surface area contributed by atoms with E-state index in [1.807, 2.05) is 33.8 Å². The monoisotopic (exact) mass is 538 g/mol. The molecule has 10 heteroatoms. The lowest BCUT2D eigenvalue weighted by Crippen LogP contribution is -2.39. The minimum absolute atomic E-state index is 0.0326. The van der Waals surface area contributed by atoms with Crippen LogP contribution >= 0.6 is 11.3 Å². The van der Waals surface area contributed by atoms with Crippen molar-refractivity contribution >= 4 is 39.0 Å². The smallest absolute Gasteiger partial charge is 0.263 e. The van der Waals surface area contributed by atoms with E-state index in [2.05, 4.69) is 27.3 Å². The van der Waals surface area contributed by atoms with E-state index in [-0.39, 0.29) is 29.7 Å². The summed E-state index contributed by atoms with van der Waals surface area (Å²) in [6, 6.07) is 6.14. The van der Waals surface area contributed by atoms with Crippen LogP contribution in [0.3, 0.4) is 0 Å². The molecule has 1 amide bonds. The molecule has 204 valence electrons. The predicted molar refractivity (Wildman–Crippen MR) is 152 cm³/mol. The number of carbonyl (C=O) groups is 1. The second-order valence-electron chi connectivity index (χ2n) is 11.2. The molecule has 3 atom stereocenters. The number of aromatic nitrogens is 2. The molecule has 0 aromatic carbocycles. The molecule has 3 unspecified atom stereocenters. The van der Waals surface area contributed by atoms with Crippen molar-refractivity contribution in [1.29, 1.82) is 0 Å². The first-order chi connectivity index (χ1) is 18.0. The summed E-state index contributed by atoms with van der Waals surface area (Å²) in [5, 5.41) is 4.09. The molecule has 0 spiro atoms. The third kappa shape index (κ3) is 5.36. The van der Waals surface area contributed by atoms with Gasteiger partial charge in [0, 0.05) is 43.0 Å². The predicted octanol–water partition coefficient (Wildman–Crippen LogP) is 3.14. The van der Waals surface area contributed by atoms with Gasteiger partial charge in [0.15, 0.2) is 0 Å². The molecule has 1 saturated heterocycles. The molecule has 1 aliphatic heterocycles. The zero-order chi connectivity index (χ0) is 27.2. The highest BCUT2D eigenvalue weighted by Crippen LogP contribution is 2.35. The van der Waals surface area contributed by atoms with Crippen molar-refractivity contribution in [3.8, 4) is 0 Å². The second-order valence-corrected chi connectivity index (χ2v) is 12.2. The summed E-state index contributed by atoms with van der Waals surface area (Å²) in [4.78, 5) is 26.3. The molecule has 3 aromatic heterocycles. The third-order valence-corrected chi connectivity index (χ3v) is 8.74. The fourth-order valence-corrected chi connectivity index (χ4v) is 6.44. The Morgan fingerprint density at radius 1 is 1.26 bits per heavy atom. The molecular weight excluding hydrogens is 500 g/mol. The summed E-state index contributed by atoms with van der Waals surface area (Å²) >= 11 is 1.36. The van der Waals surface area contributed by atoms with Gasteiger partial charge in [-0.1, -0.05) is 6.07 Å². The number of aryl methyl sites for hydroxylation is 3. The van der Waals surface area contributed by atoms with Crippen molar-refractivity contribution in [2.24, 2.45) is 5.73 Å². The van der Waals surface area contributed by atoms with E-state index >= 15 is 0 Å².